The summed E-state index contributed by atoms with van der Waals surface area (Å²) >= 11 is 1.14. The minimum atomic E-state index is -0.598. The molecule has 0 radical (unpaired) electrons. The van der Waals surface area contributed by atoms with Gasteiger partial charge in [-0.3, -0.25) is 4.79 Å². The lowest BCUT2D eigenvalue weighted by atomic mass is 10.1. The number of rotatable bonds is 4. The number of thiophene rings is 1. The Hall–Kier alpha value is -1.55. The van der Waals surface area contributed by atoms with E-state index in [4.69, 9.17) is 0 Å². The fraction of sp³-hybridized carbons (Fsp3) is 0.267. The average molecular weight is 280 g/mol. The highest BCUT2D eigenvalue weighted by atomic mass is 32.1. The number of aryl methyl sites for hydroxylation is 1. The largest absolute Gasteiger partial charge is 0.293 e. The van der Waals surface area contributed by atoms with Crippen LogP contribution in [0.2, 0.25) is 0 Å². The van der Waals surface area contributed by atoms with Crippen molar-refractivity contribution in [1.82, 2.24) is 0 Å². The van der Waals surface area contributed by atoms with Gasteiger partial charge in [0.05, 0.1) is 10.4 Å². The Labute approximate surface area is 114 Å². The smallest absolute Gasteiger partial charge is 0.172 e. The van der Waals surface area contributed by atoms with E-state index >= 15 is 0 Å². The zero-order valence-electron chi connectivity index (χ0n) is 10.8. The Kier molecular flexibility index (Phi) is 4.10. The van der Waals surface area contributed by atoms with Crippen LogP contribution in [-0.2, 0) is 0 Å². The Morgan fingerprint density at radius 1 is 1.21 bits per heavy atom. The van der Waals surface area contributed by atoms with Crippen LogP contribution in [0.3, 0.4) is 0 Å². The van der Waals surface area contributed by atoms with Crippen LogP contribution >= 0.6 is 11.3 Å². The SMILES string of the molecule is CCCC(=O)c1ccc(-c2c(F)ccc(C)c2F)s1. The lowest BCUT2D eigenvalue weighted by molar-refractivity contribution is 0.0985. The minimum Gasteiger partial charge on any atom is -0.293 e. The standard InChI is InChI=1S/C15H14F2OS/c1-3-4-11(18)12-7-8-13(19-12)14-10(16)6-5-9(2)15(14)17/h5-8H,3-4H2,1-2H3. The van der Waals surface area contributed by atoms with Gasteiger partial charge in [0.25, 0.3) is 0 Å². The molecule has 0 N–H and O–H groups in total. The third-order valence-electron chi connectivity index (χ3n) is 2.89. The summed E-state index contributed by atoms with van der Waals surface area (Å²) in [6.07, 6.45) is 1.22. The van der Waals surface area contributed by atoms with Gasteiger partial charge in [0, 0.05) is 11.3 Å². The fourth-order valence-corrected chi connectivity index (χ4v) is 2.87. The van der Waals surface area contributed by atoms with Crippen molar-refractivity contribution in [2.75, 3.05) is 0 Å². The molecule has 100 valence electrons. The molecule has 0 saturated heterocycles. The molecule has 19 heavy (non-hydrogen) atoms. The maximum Gasteiger partial charge on any atom is 0.172 e. The van der Waals surface area contributed by atoms with E-state index in [0.29, 0.717) is 21.7 Å². The van der Waals surface area contributed by atoms with Gasteiger partial charge in [-0.1, -0.05) is 13.0 Å². The van der Waals surface area contributed by atoms with Crippen molar-refractivity contribution in [1.29, 1.82) is 0 Å². The Balaban J connectivity index is 2.44. The maximum atomic E-state index is 14.0. The van der Waals surface area contributed by atoms with Gasteiger partial charge in [-0.2, -0.15) is 0 Å². The topological polar surface area (TPSA) is 17.1 Å². The number of Topliss-reactive ketones (excluding diaryl/α,β-unsaturated/α-hetero) is 1. The second-order valence-corrected chi connectivity index (χ2v) is 5.47. The number of carbonyl (C=O) groups excluding carboxylic acids is 1. The predicted octanol–water partition coefficient (Wildman–Crippen LogP) is 4.98. The Morgan fingerprint density at radius 3 is 2.63 bits per heavy atom. The Bertz CT molecular complexity index is 617. The minimum absolute atomic E-state index is 0.0206. The highest BCUT2D eigenvalue weighted by molar-refractivity contribution is 7.17. The van der Waals surface area contributed by atoms with Crippen molar-refractivity contribution in [2.24, 2.45) is 0 Å². The predicted molar refractivity (Wildman–Crippen MR) is 73.6 cm³/mol. The van der Waals surface area contributed by atoms with Gasteiger partial charge in [-0.25, -0.2) is 8.78 Å². The molecule has 0 atom stereocenters. The van der Waals surface area contributed by atoms with E-state index in [1.165, 1.54) is 12.1 Å². The lowest BCUT2D eigenvalue weighted by Crippen LogP contribution is -1.93. The molecule has 0 aliphatic carbocycles. The molecule has 0 spiro atoms. The summed E-state index contributed by atoms with van der Waals surface area (Å²) in [7, 11) is 0. The van der Waals surface area contributed by atoms with Crippen molar-refractivity contribution < 1.29 is 13.6 Å². The van der Waals surface area contributed by atoms with Crippen LogP contribution in [0, 0.1) is 18.6 Å². The quantitative estimate of drug-likeness (QED) is 0.721. The summed E-state index contributed by atoms with van der Waals surface area (Å²) in [4.78, 5) is 12.8. The van der Waals surface area contributed by atoms with Crippen molar-refractivity contribution in [3.05, 3.63) is 46.3 Å². The molecule has 4 heteroatoms. The molecule has 0 bridgehead atoms. The van der Waals surface area contributed by atoms with E-state index < -0.39 is 11.6 Å². The van der Waals surface area contributed by atoms with Crippen molar-refractivity contribution in [3.63, 3.8) is 0 Å². The maximum absolute atomic E-state index is 14.0. The van der Waals surface area contributed by atoms with Crippen LogP contribution in [0.5, 0.6) is 0 Å². The average Bonchev–Trinajstić information content (AvgIpc) is 2.84. The summed E-state index contributed by atoms with van der Waals surface area (Å²) in [5, 5.41) is 0. The van der Waals surface area contributed by atoms with E-state index in [2.05, 4.69) is 0 Å². The number of hydrogen-bond acceptors (Lipinski definition) is 2. The zero-order valence-corrected chi connectivity index (χ0v) is 11.6. The second-order valence-electron chi connectivity index (χ2n) is 4.39. The summed E-state index contributed by atoms with van der Waals surface area (Å²) < 4.78 is 27.7. The van der Waals surface area contributed by atoms with Gasteiger partial charge in [0.15, 0.2) is 5.78 Å². The normalized spacial score (nSPS) is 10.7. The van der Waals surface area contributed by atoms with Crippen molar-refractivity contribution >= 4 is 17.1 Å². The van der Waals surface area contributed by atoms with E-state index in [9.17, 15) is 13.6 Å². The number of hydrogen-bond donors (Lipinski definition) is 0. The molecule has 1 aromatic heterocycles. The Morgan fingerprint density at radius 2 is 1.95 bits per heavy atom. The molecular formula is C15H14F2OS. The van der Waals surface area contributed by atoms with Gasteiger partial charge < -0.3 is 0 Å². The first-order chi connectivity index (χ1) is 9.04. The molecule has 2 rings (SSSR count). The monoisotopic (exact) mass is 280 g/mol. The molecular weight excluding hydrogens is 266 g/mol. The molecule has 0 unspecified atom stereocenters. The number of benzene rings is 1. The van der Waals surface area contributed by atoms with E-state index in [1.54, 1.807) is 19.1 Å². The van der Waals surface area contributed by atoms with Crippen molar-refractivity contribution in [3.8, 4) is 10.4 Å². The van der Waals surface area contributed by atoms with Gasteiger partial charge in [0.2, 0.25) is 0 Å². The summed E-state index contributed by atoms with van der Waals surface area (Å²) in [5.41, 5.74) is 0.354. The first-order valence-electron chi connectivity index (χ1n) is 6.12. The molecule has 0 saturated carbocycles. The third-order valence-corrected chi connectivity index (χ3v) is 4.03. The van der Waals surface area contributed by atoms with Crippen LogP contribution < -0.4 is 0 Å². The van der Waals surface area contributed by atoms with Crippen LogP contribution in [-0.4, -0.2) is 5.78 Å². The van der Waals surface area contributed by atoms with Gasteiger partial charge >= 0.3 is 0 Å². The molecule has 1 aromatic carbocycles. The molecule has 0 amide bonds. The first-order valence-corrected chi connectivity index (χ1v) is 6.94. The molecule has 2 aromatic rings. The summed E-state index contributed by atoms with van der Waals surface area (Å²) in [6, 6.07) is 5.90. The highest BCUT2D eigenvalue weighted by Gasteiger charge is 2.17. The second kappa shape index (κ2) is 5.61. The van der Waals surface area contributed by atoms with E-state index in [-0.39, 0.29) is 11.3 Å². The lowest BCUT2D eigenvalue weighted by Gasteiger charge is -2.04. The number of carbonyl (C=O) groups is 1. The number of halogens is 2. The summed E-state index contributed by atoms with van der Waals surface area (Å²) in [5.74, 6) is -1.14. The van der Waals surface area contributed by atoms with Crippen molar-refractivity contribution in [2.45, 2.75) is 26.7 Å². The molecule has 1 heterocycles. The van der Waals surface area contributed by atoms with E-state index in [0.717, 1.165) is 17.8 Å². The first kappa shape index (κ1) is 13.9. The van der Waals surface area contributed by atoms with Crippen LogP contribution in [0.1, 0.15) is 35.0 Å². The van der Waals surface area contributed by atoms with E-state index in [1.807, 2.05) is 6.92 Å². The molecule has 0 aliphatic rings. The zero-order chi connectivity index (χ0) is 14.0. The van der Waals surface area contributed by atoms with Crippen LogP contribution in [0.25, 0.3) is 10.4 Å². The molecule has 0 fully saturated rings. The van der Waals surface area contributed by atoms with Gasteiger partial charge in [-0.05, 0) is 37.1 Å². The third kappa shape index (κ3) is 2.73. The molecule has 1 nitrogen and oxygen atoms in total. The summed E-state index contributed by atoms with van der Waals surface area (Å²) in [6.45, 7) is 3.52. The van der Waals surface area contributed by atoms with Crippen LogP contribution in [0.4, 0.5) is 8.78 Å². The number of ketones is 1. The highest BCUT2D eigenvalue weighted by Crippen LogP contribution is 2.33. The fourth-order valence-electron chi connectivity index (χ4n) is 1.85. The van der Waals surface area contributed by atoms with Gasteiger partial charge in [-0.15, -0.1) is 11.3 Å². The molecule has 0 aliphatic heterocycles. The van der Waals surface area contributed by atoms with Gasteiger partial charge in [0.1, 0.15) is 11.6 Å². The van der Waals surface area contributed by atoms with Crippen LogP contribution in [0.15, 0.2) is 24.3 Å².